The number of para-hydroxylation sites is 1. The normalized spacial score (nSPS) is 18.8. The smallest absolute Gasteiger partial charge is 0.370 e. The lowest BCUT2D eigenvalue weighted by molar-refractivity contribution is -0.0435. The van der Waals surface area contributed by atoms with Crippen LogP contribution >= 0.6 is 15.9 Å². The summed E-state index contributed by atoms with van der Waals surface area (Å²) in [4.78, 5) is 0.881. The van der Waals surface area contributed by atoms with Gasteiger partial charge >= 0.3 is 5.51 Å². The quantitative estimate of drug-likeness (QED) is 0.699. The molecule has 1 aliphatic heterocycles. The fourth-order valence-electron chi connectivity index (χ4n) is 2.86. The molecular formula is C17H15BrF3NO3S. The fraction of sp³-hybridized carbons (Fsp3) is 0.294. The second-order valence-corrected chi connectivity index (χ2v) is 8.51. The molecule has 0 spiro atoms. The number of alkyl halides is 3. The van der Waals surface area contributed by atoms with Crippen LogP contribution in [0.1, 0.15) is 11.7 Å². The molecule has 9 heteroatoms. The lowest BCUT2D eigenvalue weighted by Gasteiger charge is -2.36. The summed E-state index contributed by atoms with van der Waals surface area (Å²) in [6, 6.07) is 12.6. The molecule has 1 heterocycles. The third-order valence-electron chi connectivity index (χ3n) is 4.12. The van der Waals surface area contributed by atoms with E-state index in [1.54, 1.807) is 4.90 Å². The molecule has 2 aromatic rings. The molecule has 26 heavy (non-hydrogen) atoms. The predicted molar refractivity (Wildman–Crippen MR) is 94.7 cm³/mol. The molecule has 0 bridgehead atoms. The summed E-state index contributed by atoms with van der Waals surface area (Å²) in [5.74, 6) is 0. The molecule has 0 saturated carbocycles. The van der Waals surface area contributed by atoms with Gasteiger partial charge < -0.3 is 9.64 Å². The Balaban J connectivity index is 1.97. The number of rotatable bonds is 3. The number of morpholine rings is 1. The maximum atomic E-state index is 13.0. The van der Waals surface area contributed by atoms with Crippen LogP contribution in [0.3, 0.4) is 0 Å². The third-order valence-corrected chi connectivity index (χ3v) is 6.37. The van der Waals surface area contributed by atoms with E-state index in [-0.39, 0.29) is 24.9 Å². The SMILES string of the molecule is O=S(=O)(c1ccccc1N1CCOC(c2ccccc2Br)C1)C(F)(F)F. The molecule has 2 aromatic carbocycles. The Morgan fingerprint density at radius 3 is 2.42 bits per heavy atom. The number of sulfone groups is 1. The molecule has 1 fully saturated rings. The van der Waals surface area contributed by atoms with E-state index in [1.165, 1.54) is 18.2 Å². The van der Waals surface area contributed by atoms with Crippen molar-refractivity contribution >= 4 is 31.5 Å². The van der Waals surface area contributed by atoms with Crippen LogP contribution in [-0.4, -0.2) is 33.6 Å². The van der Waals surface area contributed by atoms with Crippen molar-refractivity contribution in [1.82, 2.24) is 0 Å². The van der Waals surface area contributed by atoms with E-state index < -0.39 is 20.2 Å². The van der Waals surface area contributed by atoms with Crippen molar-refractivity contribution in [3.63, 3.8) is 0 Å². The number of anilines is 1. The van der Waals surface area contributed by atoms with Crippen molar-refractivity contribution in [2.45, 2.75) is 16.5 Å². The minimum absolute atomic E-state index is 0.0326. The maximum absolute atomic E-state index is 13.0. The van der Waals surface area contributed by atoms with Crippen LogP contribution in [-0.2, 0) is 14.6 Å². The van der Waals surface area contributed by atoms with E-state index in [9.17, 15) is 21.6 Å². The van der Waals surface area contributed by atoms with Gasteiger partial charge in [0.05, 0.1) is 17.2 Å². The number of benzene rings is 2. The van der Waals surface area contributed by atoms with Gasteiger partial charge in [-0.2, -0.15) is 13.2 Å². The van der Waals surface area contributed by atoms with Crippen LogP contribution in [0.5, 0.6) is 0 Å². The minimum atomic E-state index is -5.44. The largest absolute Gasteiger partial charge is 0.501 e. The second-order valence-electron chi connectivity index (χ2n) is 5.74. The van der Waals surface area contributed by atoms with Gasteiger partial charge in [-0.25, -0.2) is 8.42 Å². The van der Waals surface area contributed by atoms with E-state index in [2.05, 4.69) is 15.9 Å². The van der Waals surface area contributed by atoms with Crippen LogP contribution < -0.4 is 4.90 Å². The average molecular weight is 450 g/mol. The summed E-state index contributed by atoms with van der Waals surface area (Å²) in [7, 11) is -5.44. The zero-order valence-corrected chi connectivity index (χ0v) is 15.8. The highest BCUT2D eigenvalue weighted by Gasteiger charge is 2.48. The highest BCUT2D eigenvalue weighted by atomic mass is 79.9. The lowest BCUT2D eigenvalue weighted by Crippen LogP contribution is -2.39. The monoisotopic (exact) mass is 449 g/mol. The first-order valence-corrected chi connectivity index (χ1v) is 10.0. The molecule has 140 valence electrons. The van der Waals surface area contributed by atoms with Gasteiger partial charge in [0.25, 0.3) is 9.84 Å². The molecule has 3 rings (SSSR count). The van der Waals surface area contributed by atoms with Gasteiger partial charge in [-0.05, 0) is 23.8 Å². The van der Waals surface area contributed by atoms with Crippen LogP contribution in [0.2, 0.25) is 0 Å². The number of halogens is 4. The maximum Gasteiger partial charge on any atom is 0.501 e. The van der Waals surface area contributed by atoms with Crippen molar-refractivity contribution in [2.75, 3.05) is 24.6 Å². The topological polar surface area (TPSA) is 46.6 Å². The molecule has 1 unspecified atom stereocenters. The first kappa shape index (κ1) is 19.2. The summed E-state index contributed by atoms with van der Waals surface area (Å²) in [5.41, 5.74) is -4.46. The lowest BCUT2D eigenvalue weighted by atomic mass is 10.1. The Kier molecular flexibility index (Phi) is 5.32. The van der Waals surface area contributed by atoms with Crippen molar-refractivity contribution in [1.29, 1.82) is 0 Å². The fourth-order valence-corrected chi connectivity index (χ4v) is 4.38. The number of hydrogen-bond acceptors (Lipinski definition) is 4. The first-order valence-electron chi connectivity index (χ1n) is 7.73. The van der Waals surface area contributed by atoms with E-state index in [0.717, 1.165) is 16.1 Å². The third kappa shape index (κ3) is 3.60. The number of ether oxygens (including phenoxy) is 1. The van der Waals surface area contributed by atoms with Gasteiger partial charge in [-0.1, -0.05) is 46.3 Å². The van der Waals surface area contributed by atoms with Gasteiger partial charge in [0.15, 0.2) is 0 Å². The average Bonchev–Trinajstić information content (AvgIpc) is 2.61. The molecule has 4 nitrogen and oxygen atoms in total. The number of nitrogens with zero attached hydrogens (tertiary/aromatic N) is 1. The van der Waals surface area contributed by atoms with Crippen LogP contribution in [0.4, 0.5) is 18.9 Å². The van der Waals surface area contributed by atoms with Gasteiger partial charge in [-0.3, -0.25) is 0 Å². The van der Waals surface area contributed by atoms with Crippen LogP contribution in [0.25, 0.3) is 0 Å². The van der Waals surface area contributed by atoms with Gasteiger partial charge in [0, 0.05) is 17.6 Å². The Hall–Kier alpha value is -1.58. The molecule has 1 atom stereocenters. The Morgan fingerprint density at radius 2 is 1.73 bits per heavy atom. The molecule has 1 saturated heterocycles. The van der Waals surface area contributed by atoms with E-state index in [1.807, 2.05) is 24.3 Å². The van der Waals surface area contributed by atoms with Crippen molar-refractivity contribution < 1.29 is 26.3 Å². The molecule has 1 aliphatic rings. The van der Waals surface area contributed by atoms with Gasteiger partial charge in [-0.15, -0.1) is 0 Å². The summed E-state index contributed by atoms with van der Waals surface area (Å²) >= 11 is 3.44. The molecule has 0 amide bonds. The second kappa shape index (κ2) is 7.21. The Morgan fingerprint density at radius 1 is 1.08 bits per heavy atom. The zero-order valence-electron chi connectivity index (χ0n) is 13.4. The van der Waals surface area contributed by atoms with Crippen LogP contribution in [0, 0.1) is 0 Å². The van der Waals surface area contributed by atoms with Crippen molar-refractivity contribution in [2.24, 2.45) is 0 Å². The summed E-state index contributed by atoms with van der Waals surface area (Å²) in [6.45, 7) is 0.810. The Bertz CT molecular complexity index is 902. The molecule has 0 aromatic heterocycles. The van der Waals surface area contributed by atoms with E-state index >= 15 is 0 Å². The molecular weight excluding hydrogens is 435 g/mol. The standard InChI is InChI=1S/C17H15BrF3NO3S/c18-13-6-2-1-5-12(13)15-11-22(9-10-25-15)14-7-3-4-8-16(14)26(23,24)17(19,20)21/h1-8,15H,9-11H2. The van der Waals surface area contributed by atoms with E-state index in [0.29, 0.717) is 6.54 Å². The summed E-state index contributed by atoms with van der Waals surface area (Å²) < 4.78 is 69.5. The zero-order chi connectivity index (χ0) is 18.9. The molecule has 0 aliphatic carbocycles. The number of hydrogen-bond donors (Lipinski definition) is 0. The van der Waals surface area contributed by atoms with Gasteiger partial charge in [0.1, 0.15) is 6.10 Å². The molecule has 0 N–H and O–H groups in total. The van der Waals surface area contributed by atoms with Gasteiger partial charge in [0.2, 0.25) is 0 Å². The minimum Gasteiger partial charge on any atom is -0.370 e. The first-order chi connectivity index (χ1) is 12.2. The highest BCUT2D eigenvalue weighted by Crippen LogP contribution is 2.38. The van der Waals surface area contributed by atoms with E-state index in [4.69, 9.17) is 4.74 Å². The van der Waals surface area contributed by atoms with Crippen LogP contribution in [0.15, 0.2) is 57.9 Å². The Labute approximate surface area is 157 Å². The molecule has 0 radical (unpaired) electrons. The van der Waals surface area contributed by atoms with Crippen molar-refractivity contribution in [3.05, 3.63) is 58.6 Å². The predicted octanol–water partition coefficient (Wildman–Crippen LogP) is 4.32. The summed E-state index contributed by atoms with van der Waals surface area (Å²) in [5, 5.41) is 0. The highest BCUT2D eigenvalue weighted by molar-refractivity contribution is 9.10. The summed E-state index contributed by atoms with van der Waals surface area (Å²) in [6.07, 6.45) is -0.388. The van der Waals surface area contributed by atoms with Crippen molar-refractivity contribution in [3.8, 4) is 0 Å².